The van der Waals surface area contributed by atoms with Gasteiger partial charge in [0.1, 0.15) is 5.82 Å². The first-order valence-electron chi connectivity index (χ1n) is 3.96. The summed E-state index contributed by atoms with van der Waals surface area (Å²) >= 11 is 3.19. The number of hydrazone groups is 1. The lowest BCUT2D eigenvalue weighted by Crippen LogP contribution is -2.38. The molecule has 0 radical (unpaired) electrons. The molecule has 0 unspecified atom stereocenters. The minimum atomic E-state index is -0.317. The largest absolute Gasteiger partial charge is 0.282 e. The molecule has 0 amide bonds. The summed E-state index contributed by atoms with van der Waals surface area (Å²) in [4.78, 5) is 0. The molecular weight excluding hydrogens is 251 g/mol. The Hall–Kier alpha value is -1.14. The molecule has 0 aliphatic carbocycles. The highest BCUT2D eigenvalue weighted by Gasteiger charge is 2.15. The average Bonchev–Trinajstić information content (AvgIpc) is 2.51. The number of amidine groups is 1. The van der Waals surface area contributed by atoms with Crippen LogP contribution in [0.3, 0.4) is 0 Å². The van der Waals surface area contributed by atoms with Crippen molar-refractivity contribution in [2.24, 2.45) is 5.10 Å². The first kappa shape index (κ1) is 9.42. The zero-order valence-electron chi connectivity index (χ0n) is 7.38. The van der Waals surface area contributed by atoms with Crippen LogP contribution in [0.4, 0.5) is 4.39 Å². The van der Waals surface area contributed by atoms with Gasteiger partial charge in [0.2, 0.25) is 0 Å². The van der Waals surface area contributed by atoms with Crippen molar-refractivity contribution >= 4 is 21.8 Å². The van der Waals surface area contributed by atoms with Gasteiger partial charge in [-0.1, -0.05) is 15.9 Å². The second kappa shape index (κ2) is 3.55. The number of benzene rings is 1. The summed E-state index contributed by atoms with van der Waals surface area (Å²) in [6.45, 7) is 0. The van der Waals surface area contributed by atoms with Crippen LogP contribution in [-0.4, -0.2) is 18.0 Å². The molecule has 0 saturated carbocycles. The van der Waals surface area contributed by atoms with Gasteiger partial charge in [0.25, 0.3) is 0 Å². The van der Waals surface area contributed by atoms with Crippen LogP contribution in [0.5, 0.6) is 0 Å². The van der Waals surface area contributed by atoms with Crippen molar-refractivity contribution in [1.29, 1.82) is 0 Å². The van der Waals surface area contributed by atoms with Crippen molar-refractivity contribution in [3.8, 4) is 0 Å². The molecule has 1 aliphatic heterocycles. The molecule has 0 aromatic heterocycles. The smallest absolute Gasteiger partial charge is 0.173 e. The molecule has 2 rings (SSSR count). The fourth-order valence-corrected chi connectivity index (χ4v) is 1.47. The summed E-state index contributed by atoms with van der Waals surface area (Å²) in [5, 5.41) is 5.44. The van der Waals surface area contributed by atoms with Gasteiger partial charge in [0.05, 0.1) is 5.56 Å². The number of rotatable bonds is 1. The molecule has 1 aromatic carbocycles. The van der Waals surface area contributed by atoms with Crippen LogP contribution < -0.4 is 11.0 Å². The van der Waals surface area contributed by atoms with E-state index in [1.807, 2.05) is 0 Å². The minimum absolute atomic E-state index is 0.317. The van der Waals surface area contributed by atoms with Crippen molar-refractivity contribution in [1.82, 2.24) is 16.1 Å². The summed E-state index contributed by atoms with van der Waals surface area (Å²) in [7, 11) is 1.74. The first-order chi connectivity index (χ1) is 6.66. The molecule has 1 heterocycles. The molecule has 4 nitrogen and oxygen atoms in total. The topological polar surface area (TPSA) is 39.7 Å². The van der Waals surface area contributed by atoms with E-state index in [0.717, 1.165) is 0 Å². The molecule has 14 heavy (non-hydrogen) atoms. The monoisotopic (exact) mass is 258 g/mol. The molecule has 0 saturated heterocycles. The number of halogens is 2. The number of nitrogens with one attached hydrogen (secondary N) is 2. The van der Waals surface area contributed by atoms with Crippen LogP contribution in [0.1, 0.15) is 5.56 Å². The molecule has 74 valence electrons. The van der Waals surface area contributed by atoms with Crippen LogP contribution in [0.15, 0.2) is 27.8 Å². The second-order valence-electron chi connectivity index (χ2n) is 2.86. The van der Waals surface area contributed by atoms with Crippen molar-refractivity contribution in [2.75, 3.05) is 7.05 Å². The Morgan fingerprint density at radius 1 is 1.50 bits per heavy atom. The highest BCUT2D eigenvalue weighted by Crippen LogP contribution is 2.15. The van der Waals surface area contributed by atoms with Crippen LogP contribution in [0.25, 0.3) is 0 Å². The summed E-state index contributed by atoms with van der Waals surface area (Å²) in [5.41, 5.74) is 5.92. The molecule has 1 aliphatic rings. The van der Waals surface area contributed by atoms with Crippen molar-refractivity contribution in [2.45, 2.75) is 0 Å². The zero-order chi connectivity index (χ0) is 10.1. The van der Waals surface area contributed by atoms with Crippen molar-refractivity contribution < 1.29 is 4.39 Å². The van der Waals surface area contributed by atoms with E-state index in [4.69, 9.17) is 0 Å². The number of hydrogen-bond acceptors (Lipinski definition) is 4. The Morgan fingerprint density at radius 2 is 2.29 bits per heavy atom. The highest BCUT2D eigenvalue weighted by molar-refractivity contribution is 9.10. The van der Waals surface area contributed by atoms with Gasteiger partial charge in [-0.2, -0.15) is 0 Å². The van der Waals surface area contributed by atoms with Crippen LogP contribution >= 0.6 is 15.9 Å². The summed E-state index contributed by atoms with van der Waals surface area (Å²) in [6.07, 6.45) is 0. The standard InChI is InChI=1S/C8H8BrFN4/c1-14-12-8(11-13-14)6-3-2-5(9)4-7(6)10/h2-4,13H,1H3,(H,11,12). The lowest BCUT2D eigenvalue weighted by molar-refractivity contribution is 0.231. The van der Waals surface area contributed by atoms with Gasteiger partial charge in [-0.15, -0.1) is 10.2 Å². The van der Waals surface area contributed by atoms with E-state index < -0.39 is 0 Å². The highest BCUT2D eigenvalue weighted by atomic mass is 79.9. The van der Waals surface area contributed by atoms with Crippen LogP contribution in [-0.2, 0) is 0 Å². The van der Waals surface area contributed by atoms with Crippen LogP contribution in [0, 0.1) is 5.82 Å². The van der Waals surface area contributed by atoms with E-state index in [0.29, 0.717) is 15.9 Å². The SMILES string of the molecule is CN1NN=C(c2ccc(Br)cc2F)N1. The molecule has 6 heteroatoms. The Kier molecular flexibility index (Phi) is 2.39. The Labute approximate surface area is 88.9 Å². The average molecular weight is 259 g/mol. The Morgan fingerprint density at radius 3 is 2.86 bits per heavy atom. The maximum atomic E-state index is 13.4. The fourth-order valence-electron chi connectivity index (χ4n) is 1.14. The molecule has 0 atom stereocenters. The van der Waals surface area contributed by atoms with Gasteiger partial charge in [0, 0.05) is 11.5 Å². The molecule has 0 bridgehead atoms. The maximum Gasteiger partial charge on any atom is 0.173 e. The summed E-state index contributed by atoms with van der Waals surface area (Å²) < 4.78 is 14.1. The van der Waals surface area contributed by atoms with E-state index in [-0.39, 0.29) is 5.82 Å². The third-order valence-corrected chi connectivity index (χ3v) is 2.26. The number of hydrogen-bond donors (Lipinski definition) is 2. The van der Waals surface area contributed by atoms with E-state index in [9.17, 15) is 4.39 Å². The summed E-state index contributed by atoms with van der Waals surface area (Å²) in [5.74, 6) is 0.153. The predicted octanol–water partition coefficient (Wildman–Crippen LogP) is 1.20. The maximum absolute atomic E-state index is 13.4. The molecule has 1 aromatic rings. The second-order valence-corrected chi connectivity index (χ2v) is 3.77. The van der Waals surface area contributed by atoms with Gasteiger partial charge in [-0.05, 0) is 18.2 Å². The van der Waals surface area contributed by atoms with Gasteiger partial charge < -0.3 is 0 Å². The van der Waals surface area contributed by atoms with E-state index >= 15 is 0 Å². The van der Waals surface area contributed by atoms with Gasteiger partial charge >= 0.3 is 0 Å². The lowest BCUT2D eigenvalue weighted by Gasteiger charge is -2.08. The molecule has 0 fully saturated rings. The van der Waals surface area contributed by atoms with Gasteiger partial charge in [-0.3, -0.25) is 5.43 Å². The lowest BCUT2D eigenvalue weighted by atomic mass is 10.2. The van der Waals surface area contributed by atoms with E-state index in [2.05, 4.69) is 32.0 Å². The number of nitrogens with zero attached hydrogens (tertiary/aromatic N) is 2. The van der Waals surface area contributed by atoms with Gasteiger partial charge in [0.15, 0.2) is 5.84 Å². The Bertz CT molecular complexity index is 393. The quantitative estimate of drug-likeness (QED) is 0.796. The van der Waals surface area contributed by atoms with Crippen molar-refractivity contribution in [3.05, 3.63) is 34.1 Å². The summed E-state index contributed by atoms with van der Waals surface area (Å²) in [6, 6.07) is 4.82. The van der Waals surface area contributed by atoms with E-state index in [1.54, 1.807) is 19.2 Å². The fraction of sp³-hybridized carbons (Fsp3) is 0.125. The third kappa shape index (κ3) is 1.71. The van der Waals surface area contributed by atoms with Gasteiger partial charge in [-0.25, -0.2) is 9.93 Å². The van der Waals surface area contributed by atoms with E-state index in [1.165, 1.54) is 11.2 Å². The molecule has 2 N–H and O–H groups in total. The predicted molar refractivity (Wildman–Crippen MR) is 54.7 cm³/mol. The molecule has 0 spiro atoms. The first-order valence-corrected chi connectivity index (χ1v) is 4.75. The van der Waals surface area contributed by atoms with Crippen LogP contribution in [0.2, 0.25) is 0 Å². The normalized spacial score (nSPS) is 16.1. The minimum Gasteiger partial charge on any atom is -0.282 e. The molecular formula is C8H8BrFN4. The third-order valence-electron chi connectivity index (χ3n) is 1.77. The number of hydrazine groups is 2. The zero-order valence-corrected chi connectivity index (χ0v) is 8.97. The van der Waals surface area contributed by atoms with Crippen molar-refractivity contribution in [3.63, 3.8) is 0 Å². The Balaban J connectivity index is 2.33.